The zero-order valence-electron chi connectivity index (χ0n) is 15.9. The molecule has 1 fully saturated rings. The van der Waals surface area contributed by atoms with Crippen LogP contribution in [0.15, 0.2) is 24.8 Å². The Morgan fingerprint density at radius 3 is 2.48 bits per heavy atom. The molecule has 2 rings (SSSR count). The Bertz CT molecular complexity index is 676. The highest BCUT2D eigenvalue weighted by Gasteiger charge is 2.31. The molecule has 0 radical (unpaired) electrons. The van der Waals surface area contributed by atoms with E-state index in [4.69, 9.17) is 9.47 Å². The second-order valence-electron chi connectivity index (χ2n) is 7.78. The topological polar surface area (TPSA) is 38.8 Å². The van der Waals surface area contributed by atoms with Crippen LogP contribution in [0.25, 0.3) is 6.08 Å². The Morgan fingerprint density at radius 2 is 1.96 bits per heavy atom. The number of benzene rings is 1. The molecule has 1 aromatic carbocycles. The molecule has 1 aromatic rings. The van der Waals surface area contributed by atoms with Crippen LogP contribution in [-0.2, 0) is 11.3 Å². The molecule has 0 aromatic heterocycles. The summed E-state index contributed by atoms with van der Waals surface area (Å²) in [6.45, 7) is 8.24. The van der Waals surface area contributed by atoms with Crippen LogP contribution in [0.4, 0.5) is 18.0 Å². The molecule has 150 valence electrons. The van der Waals surface area contributed by atoms with Crippen LogP contribution in [0.3, 0.4) is 0 Å². The first-order valence-electron chi connectivity index (χ1n) is 8.89. The molecule has 0 N–H and O–H groups in total. The molecule has 0 aliphatic heterocycles. The number of amides is 1. The molecule has 0 bridgehead atoms. The average Bonchev–Trinajstić information content (AvgIpc) is 3.34. The van der Waals surface area contributed by atoms with Gasteiger partial charge in [0.15, 0.2) is 6.61 Å². The van der Waals surface area contributed by atoms with E-state index < -0.39 is 24.5 Å². The standard InChI is InChI=1S/C20H26F3NO3/c1-5-14-8-9-17(26-13-20(21,22)23)16(10-14)12-24(11-15-6-7-15)18(25)27-19(2,3)4/h5,8-10,15H,1,6-7,11-13H2,2-4H3. The normalized spacial score (nSPS) is 14.6. The SMILES string of the molecule is C=Cc1ccc(OCC(F)(F)F)c(CN(CC2CC2)C(=O)OC(C)(C)C)c1. The maximum absolute atomic E-state index is 12.6. The minimum atomic E-state index is -4.44. The number of rotatable bonds is 7. The van der Waals surface area contributed by atoms with Gasteiger partial charge < -0.3 is 14.4 Å². The first-order chi connectivity index (χ1) is 12.5. The number of nitrogens with zero attached hydrogens (tertiary/aromatic N) is 1. The minimum Gasteiger partial charge on any atom is -0.484 e. The first kappa shape index (κ1) is 21.1. The molecular weight excluding hydrogens is 359 g/mol. The third-order valence-electron chi connectivity index (χ3n) is 3.90. The molecule has 0 atom stereocenters. The molecule has 27 heavy (non-hydrogen) atoms. The van der Waals surface area contributed by atoms with Crippen LogP contribution in [0, 0.1) is 5.92 Å². The largest absolute Gasteiger partial charge is 0.484 e. The van der Waals surface area contributed by atoms with Gasteiger partial charge in [0.05, 0.1) is 6.54 Å². The van der Waals surface area contributed by atoms with Gasteiger partial charge in [-0.25, -0.2) is 4.79 Å². The fourth-order valence-electron chi connectivity index (χ4n) is 2.50. The Labute approximate surface area is 157 Å². The highest BCUT2D eigenvalue weighted by molar-refractivity contribution is 5.68. The van der Waals surface area contributed by atoms with Crippen molar-refractivity contribution < 1.29 is 27.4 Å². The van der Waals surface area contributed by atoms with E-state index in [0.29, 0.717) is 18.0 Å². The van der Waals surface area contributed by atoms with Gasteiger partial charge in [-0.05, 0) is 57.2 Å². The fraction of sp³-hybridized carbons (Fsp3) is 0.550. The lowest BCUT2D eigenvalue weighted by Gasteiger charge is -2.28. The van der Waals surface area contributed by atoms with Crippen molar-refractivity contribution in [3.63, 3.8) is 0 Å². The molecule has 1 amide bonds. The van der Waals surface area contributed by atoms with Crippen molar-refractivity contribution in [3.8, 4) is 5.75 Å². The number of carbonyl (C=O) groups is 1. The van der Waals surface area contributed by atoms with Gasteiger partial charge in [-0.2, -0.15) is 13.2 Å². The summed E-state index contributed by atoms with van der Waals surface area (Å²) in [5, 5.41) is 0. The quantitative estimate of drug-likeness (QED) is 0.629. The van der Waals surface area contributed by atoms with E-state index in [9.17, 15) is 18.0 Å². The number of alkyl halides is 3. The zero-order valence-corrected chi connectivity index (χ0v) is 15.9. The lowest BCUT2D eigenvalue weighted by Crippen LogP contribution is -2.37. The number of carbonyl (C=O) groups excluding carboxylic acids is 1. The van der Waals surface area contributed by atoms with Crippen LogP contribution < -0.4 is 4.74 Å². The average molecular weight is 385 g/mol. The third-order valence-corrected chi connectivity index (χ3v) is 3.90. The van der Waals surface area contributed by atoms with Crippen molar-refractivity contribution in [3.05, 3.63) is 35.9 Å². The number of halogens is 3. The molecule has 0 spiro atoms. The van der Waals surface area contributed by atoms with Gasteiger partial charge in [0.25, 0.3) is 0 Å². The van der Waals surface area contributed by atoms with E-state index in [-0.39, 0.29) is 12.3 Å². The smallest absolute Gasteiger partial charge is 0.422 e. The number of hydrogen-bond donors (Lipinski definition) is 0. The maximum Gasteiger partial charge on any atom is 0.422 e. The highest BCUT2D eigenvalue weighted by Crippen LogP contribution is 2.32. The number of hydrogen-bond acceptors (Lipinski definition) is 3. The van der Waals surface area contributed by atoms with Gasteiger partial charge in [-0.1, -0.05) is 18.7 Å². The van der Waals surface area contributed by atoms with Crippen molar-refractivity contribution in [2.45, 2.75) is 51.9 Å². The van der Waals surface area contributed by atoms with E-state index in [1.54, 1.807) is 39.0 Å². The second-order valence-corrected chi connectivity index (χ2v) is 7.78. The summed E-state index contributed by atoms with van der Waals surface area (Å²) >= 11 is 0. The van der Waals surface area contributed by atoms with Crippen LogP contribution in [0.5, 0.6) is 5.75 Å². The summed E-state index contributed by atoms with van der Waals surface area (Å²) in [6, 6.07) is 4.78. The van der Waals surface area contributed by atoms with Crippen LogP contribution in [-0.4, -0.2) is 35.9 Å². The van der Waals surface area contributed by atoms with Gasteiger partial charge in [-0.3, -0.25) is 0 Å². The van der Waals surface area contributed by atoms with Crippen molar-refractivity contribution in [2.24, 2.45) is 5.92 Å². The Balaban J connectivity index is 2.22. The van der Waals surface area contributed by atoms with Crippen molar-refractivity contribution >= 4 is 12.2 Å². The molecule has 0 saturated heterocycles. The second kappa shape index (κ2) is 8.23. The number of ether oxygens (including phenoxy) is 2. The van der Waals surface area contributed by atoms with Crippen LogP contribution in [0.2, 0.25) is 0 Å². The van der Waals surface area contributed by atoms with E-state index in [1.165, 1.54) is 11.0 Å². The van der Waals surface area contributed by atoms with E-state index in [0.717, 1.165) is 18.4 Å². The lowest BCUT2D eigenvalue weighted by molar-refractivity contribution is -0.153. The molecule has 7 heteroatoms. The molecule has 1 saturated carbocycles. The van der Waals surface area contributed by atoms with Crippen LogP contribution in [0.1, 0.15) is 44.7 Å². The fourth-order valence-corrected chi connectivity index (χ4v) is 2.50. The highest BCUT2D eigenvalue weighted by atomic mass is 19.4. The Morgan fingerprint density at radius 1 is 1.30 bits per heavy atom. The Hall–Kier alpha value is -2.18. The van der Waals surface area contributed by atoms with Crippen molar-refractivity contribution in [1.29, 1.82) is 0 Å². The Kier molecular flexibility index (Phi) is 6.44. The molecule has 0 unspecified atom stereocenters. The predicted molar refractivity (Wildman–Crippen MR) is 97.5 cm³/mol. The third kappa shape index (κ3) is 7.53. The van der Waals surface area contributed by atoms with Crippen molar-refractivity contribution in [1.82, 2.24) is 4.90 Å². The van der Waals surface area contributed by atoms with Crippen LogP contribution >= 0.6 is 0 Å². The maximum atomic E-state index is 12.6. The van der Waals surface area contributed by atoms with E-state index in [1.807, 2.05) is 0 Å². The summed E-state index contributed by atoms with van der Waals surface area (Å²) < 4.78 is 48.1. The molecular formula is C20H26F3NO3. The minimum absolute atomic E-state index is 0.0993. The molecule has 1 aliphatic carbocycles. The summed E-state index contributed by atoms with van der Waals surface area (Å²) in [5.41, 5.74) is 0.570. The van der Waals surface area contributed by atoms with Crippen molar-refractivity contribution in [2.75, 3.05) is 13.2 Å². The van der Waals surface area contributed by atoms with E-state index >= 15 is 0 Å². The summed E-state index contributed by atoms with van der Waals surface area (Å²) in [7, 11) is 0. The monoisotopic (exact) mass is 385 g/mol. The zero-order chi connectivity index (χ0) is 20.2. The summed E-state index contributed by atoms with van der Waals surface area (Å²) in [5.74, 6) is 0.502. The van der Waals surface area contributed by atoms with Gasteiger partial charge >= 0.3 is 12.3 Å². The first-order valence-corrected chi connectivity index (χ1v) is 8.89. The predicted octanol–water partition coefficient (Wildman–Crippen LogP) is 5.42. The van der Waals surface area contributed by atoms with Gasteiger partial charge in [0.2, 0.25) is 0 Å². The van der Waals surface area contributed by atoms with Gasteiger partial charge in [0, 0.05) is 12.1 Å². The van der Waals surface area contributed by atoms with Gasteiger partial charge in [0.1, 0.15) is 11.4 Å². The summed E-state index contributed by atoms with van der Waals surface area (Å²) in [6.07, 6.45) is -1.27. The molecule has 1 aliphatic rings. The summed E-state index contributed by atoms with van der Waals surface area (Å²) in [4.78, 5) is 14.1. The molecule has 0 heterocycles. The van der Waals surface area contributed by atoms with Gasteiger partial charge in [-0.15, -0.1) is 0 Å². The van der Waals surface area contributed by atoms with E-state index in [2.05, 4.69) is 6.58 Å². The lowest BCUT2D eigenvalue weighted by atomic mass is 10.1. The molecule has 4 nitrogen and oxygen atoms in total.